The van der Waals surface area contributed by atoms with Gasteiger partial charge in [-0.15, -0.1) is 0 Å². The van der Waals surface area contributed by atoms with E-state index in [9.17, 15) is 10.1 Å². The second-order valence-corrected chi connectivity index (χ2v) is 7.60. The van der Waals surface area contributed by atoms with Crippen LogP contribution >= 0.6 is 0 Å². The summed E-state index contributed by atoms with van der Waals surface area (Å²) in [5.74, 6) is 0.504. The Kier molecular flexibility index (Phi) is 4.44. The number of methoxy groups -OCH3 is 1. The minimum Gasteiger partial charge on any atom is -0.497 e. The third-order valence-corrected chi connectivity index (χ3v) is 5.71. The van der Waals surface area contributed by atoms with Crippen LogP contribution in [0, 0.1) is 11.3 Å². The maximum Gasteiger partial charge on any atom is 0.304 e. The van der Waals surface area contributed by atoms with Gasteiger partial charge in [0.2, 0.25) is 5.82 Å². The zero-order valence-corrected chi connectivity index (χ0v) is 16.7. The molecule has 2 heterocycles. The van der Waals surface area contributed by atoms with Gasteiger partial charge in [0.1, 0.15) is 5.75 Å². The standard InChI is InChI=1S/C23H18N4O4/c1-30-16-7-12(11-24)6-15(8-16)23-26-22(27-31-23)14-3-5-19-18(9-14)17-4-2-13(10-20(28)29)21(17)25-19/h3,5-9,13,25H,2,4,10H2,1H3,(H,28,29). The summed E-state index contributed by atoms with van der Waals surface area (Å²) in [6, 6.07) is 13.0. The summed E-state index contributed by atoms with van der Waals surface area (Å²) in [7, 11) is 1.53. The highest BCUT2D eigenvalue weighted by Gasteiger charge is 2.28. The number of nitriles is 1. The molecule has 1 aliphatic rings. The van der Waals surface area contributed by atoms with E-state index in [1.54, 1.807) is 18.2 Å². The average molecular weight is 414 g/mol. The Morgan fingerprint density at radius 2 is 2.19 bits per heavy atom. The highest BCUT2D eigenvalue weighted by atomic mass is 16.5. The van der Waals surface area contributed by atoms with E-state index in [4.69, 9.17) is 14.4 Å². The van der Waals surface area contributed by atoms with Gasteiger partial charge in [-0.05, 0) is 54.8 Å². The minimum absolute atomic E-state index is 0.0162. The number of rotatable bonds is 5. The van der Waals surface area contributed by atoms with Gasteiger partial charge < -0.3 is 19.4 Å². The van der Waals surface area contributed by atoms with Crippen molar-refractivity contribution in [1.82, 2.24) is 15.1 Å². The predicted octanol–water partition coefficient (Wildman–Crippen LogP) is 4.27. The molecule has 0 spiro atoms. The van der Waals surface area contributed by atoms with Crippen LogP contribution in [0.5, 0.6) is 5.75 Å². The summed E-state index contributed by atoms with van der Waals surface area (Å²) in [6.07, 6.45) is 1.80. The Bertz CT molecular complexity index is 1360. The quantitative estimate of drug-likeness (QED) is 0.499. The van der Waals surface area contributed by atoms with Crippen molar-refractivity contribution in [1.29, 1.82) is 5.26 Å². The van der Waals surface area contributed by atoms with E-state index in [1.807, 2.05) is 18.2 Å². The van der Waals surface area contributed by atoms with Crippen LogP contribution in [0.1, 0.15) is 35.6 Å². The monoisotopic (exact) mass is 414 g/mol. The van der Waals surface area contributed by atoms with Crippen molar-refractivity contribution >= 4 is 16.9 Å². The number of ether oxygens (including phenoxy) is 1. The molecule has 1 atom stereocenters. The van der Waals surface area contributed by atoms with Gasteiger partial charge in [0.25, 0.3) is 5.89 Å². The van der Waals surface area contributed by atoms with Gasteiger partial charge in [0, 0.05) is 33.6 Å². The highest BCUT2D eigenvalue weighted by molar-refractivity contribution is 5.89. The second kappa shape index (κ2) is 7.29. The third-order valence-electron chi connectivity index (χ3n) is 5.71. The largest absolute Gasteiger partial charge is 0.497 e. The summed E-state index contributed by atoms with van der Waals surface area (Å²) in [5.41, 5.74) is 5.00. The molecule has 31 heavy (non-hydrogen) atoms. The fourth-order valence-electron chi connectivity index (χ4n) is 4.27. The predicted molar refractivity (Wildman–Crippen MR) is 112 cm³/mol. The molecular formula is C23H18N4O4. The maximum absolute atomic E-state index is 11.2. The Morgan fingerprint density at radius 1 is 1.32 bits per heavy atom. The number of benzene rings is 2. The first-order chi connectivity index (χ1) is 15.1. The van der Waals surface area contributed by atoms with E-state index in [2.05, 4.69) is 21.2 Å². The molecule has 1 unspecified atom stereocenters. The van der Waals surface area contributed by atoms with Crippen LogP contribution in [-0.2, 0) is 11.2 Å². The molecule has 0 saturated carbocycles. The molecule has 0 bridgehead atoms. The number of carboxylic acid groups (broad SMARTS) is 1. The fourth-order valence-corrected chi connectivity index (χ4v) is 4.27. The number of nitrogens with zero attached hydrogens (tertiary/aromatic N) is 3. The Hall–Kier alpha value is -4.12. The van der Waals surface area contributed by atoms with Gasteiger partial charge in [0.15, 0.2) is 0 Å². The number of hydrogen-bond donors (Lipinski definition) is 2. The lowest BCUT2D eigenvalue weighted by Crippen LogP contribution is -2.03. The first-order valence-corrected chi connectivity index (χ1v) is 9.85. The van der Waals surface area contributed by atoms with Crippen molar-refractivity contribution in [2.24, 2.45) is 0 Å². The second-order valence-electron chi connectivity index (χ2n) is 7.60. The molecule has 4 aromatic rings. The third kappa shape index (κ3) is 3.30. The summed E-state index contributed by atoms with van der Waals surface area (Å²) in [6.45, 7) is 0. The highest BCUT2D eigenvalue weighted by Crippen LogP contribution is 2.40. The van der Waals surface area contributed by atoms with Crippen LogP contribution in [-0.4, -0.2) is 33.3 Å². The number of H-pyrrole nitrogens is 1. The van der Waals surface area contributed by atoms with Crippen molar-refractivity contribution in [3.8, 4) is 34.7 Å². The first kappa shape index (κ1) is 18.9. The lowest BCUT2D eigenvalue weighted by molar-refractivity contribution is -0.137. The molecule has 0 saturated heterocycles. The zero-order valence-electron chi connectivity index (χ0n) is 16.7. The van der Waals surface area contributed by atoms with Crippen LogP contribution in [0.25, 0.3) is 33.7 Å². The molecule has 2 aromatic heterocycles. The number of nitrogens with one attached hydrogen (secondary N) is 1. The summed E-state index contributed by atoms with van der Waals surface area (Å²) >= 11 is 0. The molecule has 0 aliphatic heterocycles. The topological polar surface area (TPSA) is 125 Å². The fraction of sp³-hybridized carbons (Fsp3) is 0.217. The molecule has 2 N–H and O–H groups in total. The Morgan fingerprint density at radius 3 is 2.97 bits per heavy atom. The zero-order chi connectivity index (χ0) is 21.5. The smallest absolute Gasteiger partial charge is 0.304 e. The molecular weight excluding hydrogens is 396 g/mol. The van der Waals surface area contributed by atoms with Gasteiger partial charge in [-0.25, -0.2) is 0 Å². The molecule has 8 heteroatoms. The van der Waals surface area contributed by atoms with E-state index in [0.717, 1.165) is 35.0 Å². The summed E-state index contributed by atoms with van der Waals surface area (Å²) in [5, 5.41) is 23.6. The summed E-state index contributed by atoms with van der Waals surface area (Å²) < 4.78 is 10.7. The number of hydrogen-bond acceptors (Lipinski definition) is 6. The van der Waals surface area contributed by atoms with E-state index >= 15 is 0 Å². The van der Waals surface area contributed by atoms with Gasteiger partial charge in [0.05, 0.1) is 25.2 Å². The van der Waals surface area contributed by atoms with Crippen LogP contribution < -0.4 is 4.74 Å². The van der Waals surface area contributed by atoms with E-state index in [0.29, 0.717) is 28.6 Å². The maximum atomic E-state index is 11.2. The van der Waals surface area contributed by atoms with Gasteiger partial charge in [-0.2, -0.15) is 10.2 Å². The number of aryl methyl sites for hydroxylation is 1. The SMILES string of the molecule is COc1cc(C#N)cc(-c2nc(-c3ccc4[nH]c5c(c4c3)CCC5CC(=O)O)no2)c1. The van der Waals surface area contributed by atoms with Crippen molar-refractivity contribution < 1.29 is 19.2 Å². The number of aromatic nitrogens is 3. The number of carboxylic acids is 1. The average Bonchev–Trinajstić information content (AvgIpc) is 3.49. The lowest BCUT2D eigenvalue weighted by Gasteiger charge is -2.05. The number of carbonyl (C=O) groups is 1. The van der Waals surface area contributed by atoms with Crippen molar-refractivity contribution in [3.05, 3.63) is 53.2 Å². The molecule has 0 radical (unpaired) electrons. The normalized spacial score (nSPS) is 15.0. The van der Waals surface area contributed by atoms with Crippen LogP contribution in [0.2, 0.25) is 0 Å². The van der Waals surface area contributed by atoms with Gasteiger partial charge >= 0.3 is 5.97 Å². The van der Waals surface area contributed by atoms with Crippen molar-refractivity contribution in [2.75, 3.05) is 7.11 Å². The molecule has 8 nitrogen and oxygen atoms in total. The van der Waals surface area contributed by atoms with Crippen molar-refractivity contribution in [2.45, 2.75) is 25.2 Å². The first-order valence-electron chi connectivity index (χ1n) is 9.85. The molecule has 5 rings (SSSR count). The number of aliphatic carboxylic acids is 1. The Labute approximate surface area is 177 Å². The molecule has 2 aromatic carbocycles. The number of aromatic amines is 1. The van der Waals surface area contributed by atoms with E-state index < -0.39 is 5.97 Å². The summed E-state index contributed by atoms with van der Waals surface area (Å²) in [4.78, 5) is 19.1. The van der Waals surface area contributed by atoms with Crippen molar-refractivity contribution in [3.63, 3.8) is 0 Å². The molecule has 1 aliphatic carbocycles. The molecule has 0 fully saturated rings. The van der Waals surface area contributed by atoms with E-state index in [-0.39, 0.29) is 12.3 Å². The lowest BCUT2D eigenvalue weighted by atomic mass is 10.0. The molecule has 0 amide bonds. The van der Waals surface area contributed by atoms with Crippen LogP contribution in [0.15, 0.2) is 40.9 Å². The van der Waals surface area contributed by atoms with Crippen LogP contribution in [0.4, 0.5) is 0 Å². The molecule has 154 valence electrons. The minimum atomic E-state index is -0.784. The van der Waals surface area contributed by atoms with Crippen LogP contribution in [0.3, 0.4) is 0 Å². The van der Waals surface area contributed by atoms with E-state index in [1.165, 1.54) is 12.7 Å². The Balaban J connectivity index is 1.51. The van der Waals surface area contributed by atoms with Gasteiger partial charge in [-0.1, -0.05) is 5.16 Å². The number of fused-ring (bicyclic) bond motifs is 3. The van der Waals surface area contributed by atoms with Gasteiger partial charge in [-0.3, -0.25) is 4.79 Å².